The fraction of sp³-hybridized carbons (Fsp3) is 0.529. The minimum Gasteiger partial charge on any atom is -0.354 e. The van der Waals surface area contributed by atoms with Gasteiger partial charge in [0.2, 0.25) is 5.91 Å². The molecule has 3 N–H and O–H groups in total. The zero-order valence-corrected chi connectivity index (χ0v) is 13.8. The number of rotatable bonds is 7. The summed E-state index contributed by atoms with van der Waals surface area (Å²) in [5.74, 6) is 0.555. The molecule has 0 aliphatic rings. The largest absolute Gasteiger partial charge is 0.354 e. The molecule has 1 rings (SSSR count). The van der Waals surface area contributed by atoms with Gasteiger partial charge in [0.05, 0.1) is 0 Å². The van der Waals surface area contributed by atoms with Crippen LogP contribution in [0, 0.1) is 11.8 Å². The van der Waals surface area contributed by atoms with E-state index in [0.29, 0.717) is 30.5 Å². The molecule has 0 saturated carbocycles. The second-order valence-electron chi connectivity index (χ2n) is 6.29. The molecule has 22 heavy (non-hydrogen) atoms. The van der Waals surface area contributed by atoms with Gasteiger partial charge in [-0.25, -0.2) is 4.79 Å². The van der Waals surface area contributed by atoms with Crippen LogP contribution in [-0.4, -0.2) is 24.5 Å². The number of para-hydroxylation sites is 1. The smallest absolute Gasteiger partial charge is 0.319 e. The van der Waals surface area contributed by atoms with Crippen LogP contribution in [0.1, 0.15) is 34.1 Å². The number of urea groups is 1. The third-order valence-corrected chi connectivity index (χ3v) is 3.05. The molecule has 0 saturated heterocycles. The first-order valence-corrected chi connectivity index (χ1v) is 7.78. The zero-order valence-electron chi connectivity index (χ0n) is 13.8. The van der Waals surface area contributed by atoms with Crippen molar-refractivity contribution in [3.63, 3.8) is 0 Å². The van der Waals surface area contributed by atoms with E-state index >= 15 is 0 Å². The van der Waals surface area contributed by atoms with Crippen LogP contribution >= 0.6 is 0 Å². The highest BCUT2D eigenvalue weighted by Gasteiger charge is 2.21. The summed E-state index contributed by atoms with van der Waals surface area (Å²) in [6.45, 7) is 8.73. The van der Waals surface area contributed by atoms with E-state index in [1.165, 1.54) is 0 Å². The van der Waals surface area contributed by atoms with Gasteiger partial charge in [-0.2, -0.15) is 0 Å². The first-order valence-electron chi connectivity index (χ1n) is 7.78. The Bertz CT molecular complexity index is 472. The molecular formula is C17H27N3O2. The maximum atomic E-state index is 12.2. The van der Waals surface area contributed by atoms with Crippen LogP contribution in [0.15, 0.2) is 30.3 Å². The van der Waals surface area contributed by atoms with Gasteiger partial charge in [-0.3, -0.25) is 4.79 Å². The van der Waals surface area contributed by atoms with Crippen LogP contribution in [0.3, 0.4) is 0 Å². The molecule has 122 valence electrons. The Morgan fingerprint density at radius 3 is 2.18 bits per heavy atom. The van der Waals surface area contributed by atoms with E-state index in [-0.39, 0.29) is 11.9 Å². The Hall–Kier alpha value is -2.04. The Kier molecular flexibility index (Phi) is 7.43. The maximum absolute atomic E-state index is 12.2. The SMILES string of the molecule is CC(C)CNC(=O)C(CC(C)C)NC(=O)Nc1ccccc1. The van der Waals surface area contributed by atoms with Gasteiger partial charge in [0.15, 0.2) is 0 Å². The van der Waals surface area contributed by atoms with Gasteiger partial charge in [0.25, 0.3) is 0 Å². The van der Waals surface area contributed by atoms with Crippen molar-refractivity contribution in [1.82, 2.24) is 10.6 Å². The molecule has 0 radical (unpaired) electrons. The molecule has 0 aliphatic carbocycles. The van der Waals surface area contributed by atoms with E-state index in [0.717, 1.165) is 0 Å². The second-order valence-corrected chi connectivity index (χ2v) is 6.29. The lowest BCUT2D eigenvalue weighted by molar-refractivity contribution is -0.123. The molecule has 3 amide bonds. The van der Waals surface area contributed by atoms with Crippen molar-refractivity contribution in [2.24, 2.45) is 11.8 Å². The van der Waals surface area contributed by atoms with Gasteiger partial charge < -0.3 is 16.0 Å². The Labute approximate surface area is 132 Å². The van der Waals surface area contributed by atoms with Crippen molar-refractivity contribution in [3.05, 3.63) is 30.3 Å². The molecule has 1 aromatic carbocycles. The molecule has 1 aromatic rings. The van der Waals surface area contributed by atoms with E-state index in [1.807, 2.05) is 45.9 Å². The van der Waals surface area contributed by atoms with Crippen molar-refractivity contribution in [3.8, 4) is 0 Å². The molecule has 0 heterocycles. The number of carbonyl (C=O) groups is 2. The van der Waals surface area contributed by atoms with Gasteiger partial charge in [0.1, 0.15) is 6.04 Å². The van der Waals surface area contributed by atoms with Crippen LogP contribution in [0.5, 0.6) is 0 Å². The second kappa shape index (κ2) is 9.07. The number of nitrogens with one attached hydrogen (secondary N) is 3. The van der Waals surface area contributed by atoms with Crippen LogP contribution in [0.25, 0.3) is 0 Å². The van der Waals surface area contributed by atoms with E-state index in [1.54, 1.807) is 12.1 Å². The van der Waals surface area contributed by atoms with E-state index in [9.17, 15) is 9.59 Å². The van der Waals surface area contributed by atoms with E-state index in [2.05, 4.69) is 16.0 Å². The number of hydrogen-bond donors (Lipinski definition) is 3. The summed E-state index contributed by atoms with van der Waals surface area (Å²) in [7, 11) is 0. The molecule has 0 spiro atoms. The van der Waals surface area contributed by atoms with Gasteiger partial charge in [-0.15, -0.1) is 0 Å². The first-order chi connectivity index (χ1) is 10.4. The standard InChI is InChI=1S/C17H27N3O2/c1-12(2)10-15(16(21)18-11-13(3)4)20-17(22)19-14-8-6-5-7-9-14/h5-9,12-13,15H,10-11H2,1-4H3,(H,18,21)(H2,19,20,22). The third-order valence-electron chi connectivity index (χ3n) is 3.05. The van der Waals surface area contributed by atoms with Crippen LogP contribution in [0.4, 0.5) is 10.5 Å². The summed E-state index contributed by atoms with van der Waals surface area (Å²) in [6.07, 6.45) is 0.603. The van der Waals surface area contributed by atoms with Crippen LogP contribution in [0.2, 0.25) is 0 Å². The normalized spacial score (nSPS) is 12.1. The summed E-state index contributed by atoms with van der Waals surface area (Å²) in [6, 6.07) is 8.28. The number of anilines is 1. The van der Waals surface area contributed by atoms with E-state index < -0.39 is 6.04 Å². The summed E-state index contributed by atoms with van der Waals surface area (Å²) in [4.78, 5) is 24.3. The highest BCUT2D eigenvalue weighted by atomic mass is 16.2. The predicted molar refractivity (Wildman–Crippen MR) is 89.7 cm³/mol. The van der Waals surface area contributed by atoms with Crippen molar-refractivity contribution in [1.29, 1.82) is 0 Å². The quantitative estimate of drug-likeness (QED) is 0.725. The lowest BCUT2D eigenvalue weighted by Crippen LogP contribution is -2.49. The molecule has 5 nitrogen and oxygen atoms in total. The number of benzene rings is 1. The Morgan fingerprint density at radius 2 is 1.64 bits per heavy atom. The molecule has 0 aliphatic heterocycles. The highest BCUT2D eigenvalue weighted by Crippen LogP contribution is 2.08. The van der Waals surface area contributed by atoms with E-state index in [4.69, 9.17) is 0 Å². The third kappa shape index (κ3) is 7.11. The molecule has 0 aromatic heterocycles. The summed E-state index contributed by atoms with van der Waals surface area (Å²) in [5.41, 5.74) is 0.700. The molecular weight excluding hydrogens is 278 g/mol. The Morgan fingerprint density at radius 1 is 1.00 bits per heavy atom. The van der Waals surface area contributed by atoms with Crippen molar-refractivity contribution >= 4 is 17.6 Å². The lowest BCUT2D eigenvalue weighted by Gasteiger charge is -2.21. The van der Waals surface area contributed by atoms with Crippen molar-refractivity contribution < 1.29 is 9.59 Å². The minimum atomic E-state index is -0.525. The fourth-order valence-electron chi connectivity index (χ4n) is 1.98. The molecule has 5 heteroatoms. The summed E-state index contributed by atoms with van der Waals surface area (Å²) in [5, 5.41) is 8.37. The highest BCUT2D eigenvalue weighted by molar-refractivity contribution is 5.93. The van der Waals surface area contributed by atoms with Gasteiger partial charge in [-0.05, 0) is 30.4 Å². The first kappa shape index (κ1) is 18.0. The topological polar surface area (TPSA) is 70.2 Å². The van der Waals surface area contributed by atoms with Gasteiger partial charge in [-0.1, -0.05) is 45.9 Å². The number of amides is 3. The van der Waals surface area contributed by atoms with Gasteiger partial charge in [0, 0.05) is 12.2 Å². The molecule has 1 atom stereocenters. The minimum absolute atomic E-state index is 0.134. The van der Waals surface area contributed by atoms with Crippen molar-refractivity contribution in [2.75, 3.05) is 11.9 Å². The van der Waals surface area contributed by atoms with Gasteiger partial charge >= 0.3 is 6.03 Å². The molecule has 1 unspecified atom stereocenters. The molecule has 0 fully saturated rings. The number of carbonyl (C=O) groups excluding carboxylic acids is 2. The zero-order chi connectivity index (χ0) is 16.5. The monoisotopic (exact) mass is 305 g/mol. The lowest BCUT2D eigenvalue weighted by atomic mass is 10.0. The maximum Gasteiger partial charge on any atom is 0.319 e. The summed E-state index contributed by atoms with van der Waals surface area (Å²) >= 11 is 0. The van der Waals surface area contributed by atoms with Crippen molar-refractivity contribution in [2.45, 2.75) is 40.2 Å². The fourth-order valence-corrected chi connectivity index (χ4v) is 1.98. The average molecular weight is 305 g/mol. The number of hydrogen-bond acceptors (Lipinski definition) is 2. The van der Waals surface area contributed by atoms with Crippen LogP contribution < -0.4 is 16.0 Å². The average Bonchev–Trinajstić information content (AvgIpc) is 2.44. The summed E-state index contributed by atoms with van der Waals surface area (Å²) < 4.78 is 0. The predicted octanol–water partition coefficient (Wildman–Crippen LogP) is 3.00. The van der Waals surface area contributed by atoms with Crippen LogP contribution in [-0.2, 0) is 4.79 Å². The Balaban J connectivity index is 2.59. The molecule has 0 bridgehead atoms.